The van der Waals surface area contributed by atoms with E-state index < -0.39 is 10.0 Å². The van der Waals surface area contributed by atoms with Gasteiger partial charge >= 0.3 is 0 Å². The lowest BCUT2D eigenvalue weighted by Gasteiger charge is -2.34. The number of rotatable bonds is 5. The highest BCUT2D eigenvalue weighted by Gasteiger charge is 2.27. The van der Waals surface area contributed by atoms with Crippen molar-refractivity contribution in [2.75, 3.05) is 44.7 Å². The third-order valence-corrected chi connectivity index (χ3v) is 7.39. The summed E-state index contributed by atoms with van der Waals surface area (Å²) < 4.78 is 31.9. The summed E-state index contributed by atoms with van der Waals surface area (Å²) in [5.74, 6) is 0.658. The van der Waals surface area contributed by atoms with Crippen molar-refractivity contribution in [2.45, 2.75) is 37.6 Å². The molecular formula is C19H29N3O4S. The number of anilines is 1. The van der Waals surface area contributed by atoms with E-state index in [0.29, 0.717) is 32.0 Å². The summed E-state index contributed by atoms with van der Waals surface area (Å²) in [4.78, 5) is 15.0. The van der Waals surface area contributed by atoms with Gasteiger partial charge in [-0.25, -0.2) is 8.42 Å². The van der Waals surface area contributed by atoms with E-state index in [-0.39, 0.29) is 16.8 Å². The number of piperidine rings is 1. The van der Waals surface area contributed by atoms with Crippen molar-refractivity contribution < 1.29 is 17.9 Å². The molecule has 0 unspecified atom stereocenters. The van der Waals surface area contributed by atoms with E-state index in [9.17, 15) is 13.2 Å². The van der Waals surface area contributed by atoms with Crippen molar-refractivity contribution in [3.05, 3.63) is 24.3 Å². The predicted octanol–water partition coefficient (Wildman–Crippen LogP) is 1.77. The lowest BCUT2D eigenvalue weighted by atomic mass is 9.98. The molecule has 0 aliphatic carbocycles. The molecule has 8 heteroatoms. The van der Waals surface area contributed by atoms with Crippen LogP contribution in [0.15, 0.2) is 29.2 Å². The fourth-order valence-corrected chi connectivity index (χ4v) is 4.88. The molecule has 1 aromatic carbocycles. The molecule has 0 radical (unpaired) electrons. The van der Waals surface area contributed by atoms with E-state index in [2.05, 4.69) is 17.1 Å². The lowest BCUT2D eigenvalue weighted by molar-refractivity contribution is -0.121. The van der Waals surface area contributed by atoms with E-state index >= 15 is 0 Å². The molecule has 2 saturated heterocycles. The second-order valence-corrected chi connectivity index (χ2v) is 9.36. The molecule has 2 aliphatic rings. The first-order chi connectivity index (χ1) is 12.9. The Labute approximate surface area is 161 Å². The zero-order valence-corrected chi connectivity index (χ0v) is 16.9. The number of likely N-dealkylation sites (tertiary alicyclic amines) is 1. The van der Waals surface area contributed by atoms with Gasteiger partial charge < -0.3 is 10.1 Å². The Morgan fingerprint density at radius 2 is 1.70 bits per heavy atom. The molecule has 3 rings (SSSR count). The molecule has 27 heavy (non-hydrogen) atoms. The van der Waals surface area contributed by atoms with E-state index in [1.54, 1.807) is 24.3 Å². The summed E-state index contributed by atoms with van der Waals surface area (Å²) in [6, 6.07) is 6.20. The van der Waals surface area contributed by atoms with Crippen LogP contribution in [0.5, 0.6) is 0 Å². The normalized spacial score (nSPS) is 21.7. The minimum atomic E-state index is -3.51. The molecule has 0 spiro atoms. The molecular weight excluding hydrogens is 366 g/mol. The highest BCUT2D eigenvalue weighted by Crippen LogP contribution is 2.21. The highest BCUT2D eigenvalue weighted by molar-refractivity contribution is 7.89. The van der Waals surface area contributed by atoms with Gasteiger partial charge in [0.05, 0.1) is 24.2 Å². The Bertz CT molecular complexity index is 737. The Hall–Kier alpha value is -1.48. The number of amides is 1. The van der Waals surface area contributed by atoms with Crippen LogP contribution in [0.3, 0.4) is 0 Å². The number of ether oxygens (including phenoxy) is 1. The van der Waals surface area contributed by atoms with Crippen LogP contribution in [-0.4, -0.2) is 69.0 Å². The van der Waals surface area contributed by atoms with Gasteiger partial charge in [-0.3, -0.25) is 9.69 Å². The summed E-state index contributed by atoms with van der Waals surface area (Å²) in [5, 5.41) is 2.90. The Morgan fingerprint density at radius 1 is 1.11 bits per heavy atom. The SMILES string of the molecule is CC1CCN([C@H](C)C(=O)Nc2ccc(S(=O)(=O)N3CCOCC3)cc2)CC1. The minimum absolute atomic E-state index is 0.0617. The van der Waals surface area contributed by atoms with Gasteiger partial charge in [0.15, 0.2) is 0 Å². The Kier molecular flexibility index (Phi) is 6.52. The van der Waals surface area contributed by atoms with E-state index in [0.717, 1.165) is 31.8 Å². The van der Waals surface area contributed by atoms with Crippen LogP contribution in [0.1, 0.15) is 26.7 Å². The third-order valence-electron chi connectivity index (χ3n) is 5.48. The summed E-state index contributed by atoms with van der Waals surface area (Å²) >= 11 is 0. The van der Waals surface area contributed by atoms with E-state index in [1.807, 2.05) is 6.92 Å². The van der Waals surface area contributed by atoms with Gasteiger partial charge in [-0.1, -0.05) is 6.92 Å². The molecule has 2 aliphatic heterocycles. The third kappa shape index (κ3) is 4.87. The standard InChI is InChI=1S/C19H29N3O4S/c1-15-7-9-21(10-8-15)16(2)19(23)20-17-3-5-18(6-4-17)27(24,25)22-11-13-26-14-12-22/h3-6,15-16H,7-14H2,1-2H3,(H,20,23)/t16-/m1/s1. The molecule has 2 fully saturated rings. The second-order valence-electron chi connectivity index (χ2n) is 7.42. The maximum Gasteiger partial charge on any atom is 0.243 e. The number of morpholine rings is 1. The molecule has 1 amide bonds. The maximum absolute atomic E-state index is 12.6. The van der Waals surface area contributed by atoms with Gasteiger partial charge in [0, 0.05) is 18.8 Å². The van der Waals surface area contributed by atoms with Crippen LogP contribution in [0.4, 0.5) is 5.69 Å². The van der Waals surface area contributed by atoms with Crippen molar-refractivity contribution >= 4 is 21.6 Å². The highest BCUT2D eigenvalue weighted by atomic mass is 32.2. The maximum atomic E-state index is 12.6. The molecule has 1 N–H and O–H groups in total. The molecule has 150 valence electrons. The first kappa shape index (κ1) is 20.3. The minimum Gasteiger partial charge on any atom is -0.379 e. The number of carbonyl (C=O) groups is 1. The molecule has 0 bridgehead atoms. The van der Waals surface area contributed by atoms with Crippen molar-refractivity contribution in [1.82, 2.24) is 9.21 Å². The second kappa shape index (κ2) is 8.68. The van der Waals surface area contributed by atoms with Crippen LogP contribution < -0.4 is 5.32 Å². The molecule has 0 saturated carbocycles. The summed E-state index contributed by atoms with van der Waals surface area (Å²) in [6.45, 7) is 7.61. The fourth-order valence-electron chi connectivity index (χ4n) is 3.47. The van der Waals surface area contributed by atoms with Crippen LogP contribution in [0.2, 0.25) is 0 Å². The van der Waals surface area contributed by atoms with Crippen molar-refractivity contribution in [3.63, 3.8) is 0 Å². The van der Waals surface area contributed by atoms with Crippen molar-refractivity contribution in [1.29, 1.82) is 0 Å². The number of sulfonamides is 1. The summed E-state index contributed by atoms with van der Waals surface area (Å²) in [7, 11) is -3.51. The van der Waals surface area contributed by atoms with Gasteiger partial charge in [-0.05, 0) is 63.0 Å². The van der Waals surface area contributed by atoms with E-state index in [4.69, 9.17) is 4.74 Å². The van der Waals surface area contributed by atoms with Gasteiger partial charge in [0.2, 0.25) is 15.9 Å². The molecule has 0 aromatic heterocycles. The largest absolute Gasteiger partial charge is 0.379 e. The van der Waals surface area contributed by atoms with Crippen molar-refractivity contribution in [3.8, 4) is 0 Å². The topological polar surface area (TPSA) is 79.0 Å². The van der Waals surface area contributed by atoms with E-state index in [1.165, 1.54) is 4.31 Å². The number of carbonyl (C=O) groups excluding carboxylic acids is 1. The number of hydrogen-bond donors (Lipinski definition) is 1. The Morgan fingerprint density at radius 3 is 2.30 bits per heavy atom. The fraction of sp³-hybridized carbons (Fsp3) is 0.632. The molecule has 1 aromatic rings. The van der Waals surface area contributed by atoms with Crippen LogP contribution >= 0.6 is 0 Å². The number of nitrogens with zero attached hydrogens (tertiary/aromatic N) is 2. The van der Waals surface area contributed by atoms with Crippen molar-refractivity contribution in [2.24, 2.45) is 5.92 Å². The quantitative estimate of drug-likeness (QED) is 0.822. The summed E-state index contributed by atoms with van der Waals surface area (Å²) in [5.41, 5.74) is 0.609. The zero-order chi connectivity index (χ0) is 19.4. The Balaban J connectivity index is 1.60. The lowest BCUT2D eigenvalue weighted by Crippen LogP contribution is -2.45. The monoisotopic (exact) mass is 395 g/mol. The average Bonchev–Trinajstić information content (AvgIpc) is 2.69. The van der Waals surface area contributed by atoms with Crippen LogP contribution in [0.25, 0.3) is 0 Å². The average molecular weight is 396 g/mol. The van der Waals surface area contributed by atoms with Gasteiger partial charge in [-0.15, -0.1) is 0 Å². The number of benzene rings is 1. The predicted molar refractivity (Wildman–Crippen MR) is 104 cm³/mol. The zero-order valence-electron chi connectivity index (χ0n) is 16.1. The molecule has 1 atom stereocenters. The van der Waals surface area contributed by atoms with Crippen LogP contribution in [-0.2, 0) is 19.6 Å². The first-order valence-corrected chi connectivity index (χ1v) is 11.0. The molecule has 2 heterocycles. The van der Waals surface area contributed by atoms with Gasteiger partial charge in [-0.2, -0.15) is 4.31 Å². The number of nitrogens with one attached hydrogen (secondary N) is 1. The van der Waals surface area contributed by atoms with Crippen LogP contribution in [0, 0.1) is 5.92 Å². The van der Waals surface area contributed by atoms with Gasteiger partial charge in [0.25, 0.3) is 0 Å². The first-order valence-electron chi connectivity index (χ1n) is 9.61. The number of hydrogen-bond acceptors (Lipinski definition) is 5. The smallest absolute Gasteiger partial charge is 0.243 e. The molecule has 7 nitrogen and oxygen atoms in total. The summed E-state index contributed by atoms with van der Waals surface area (Å²) in [6.07, 6.45) is 2.23. The van der Waals surface area contributed by atoms with Gasteiger partial charge in [0.1, 0.15) is 0 Å².